The second-order valence-electron chi connectivity index (χ2n) is 3.08. The lowest BCUT2D eigenvalue weighted by atomic mass is 10.1. The van der Waals surface area contributed by atoms with Crippen LogP contribution in [0.1, 0.15) is 11.3 Å². The Balaban J connectivity index is 2.74. The zero-order chi connectivity index (χ0) is 9.26. The van der Waals surface area contributed by atoms with Gasteiger partial charge < -0.3 is 0 Å². The van der Waals surface area contributed by atoms with Crippen molar-refractivity contribution in [3.63, 3.8) is 0 Å². The standard InChI is InChI=1S/C11H10FN/c1-8-3-2-4-9-5-6-10(7-12)13-11(8)9/h2-6H,7H2,1H3. The highest BCUT2D eigenvalue weighted by atomic mass is 19.1. The molecule has 13 heavy (non-hydrogen) atoms. The molecule has 0 radical (unpaired) electrons. The lowest BCUT2D eigenvalue weighted by Crippen LogP contribution is -1.88. The Morgan fingerprint density at radius 1 is 1.23 bits per heavy atom. The highest BCUT2D eigenvalue weighted by Gasteiger charge is 1.99. The molecule has 0 amide bonds. The van der Waals surface area contributed by atoms with Crippen LogP contribution in [-0.2, 0) is 6.67 Å². The van der Waals surface area contributed by atoms with E-state index in [-0.39, 0.29) is 0 Å². The fraction of sp³-hybridized carbons (Fsp3) is 0.182. The Bertz CT molecular complexity index is 437. The molecular weight excluding hydrogens is 165 g/mol. The maximum Gasteiger partial charge on any atom is 0.131 e. The zero-order valence-electron chi connectivity index (χ0n) is 7.42. The molecule has 0 aliphatic rings. The number of nitrogens with zero attached hydrogens (tertiary/aromatic N) is 1. The van der Waals surface area contributed by atoms with Crippen molar-refractivity contribution < 1.29 is 4.39 Å². The van der Waals surface area contributed by atoms with Crippen molar-refractivity contribution in [2.24, 2.45) is 0 Å². The molecule has 0 fully saturated rings. The van der Waals surface area contributed by atoms with Crippen molar-refractivity contribution in [2.45, 2.75) is 13.6 Å². The molecule has 0 unspecified atom stereocenters. The first-order valence-electron chi connectivity index (χ1n) is 4.22. The smallest absolute Gasteiger partial charge is 0.131 e. The van der Waals surface area contributed by atoms with Gasteiger partial charge in [0.15, 0.2) is 0 Å². The normalized spacial score (nSPS) is 10.6. The number of aromatic nitrogens is 1. The molecule has 66 valence electrons. The first kappa shape index (κ1) is 8.17. The predicted molar refractivity (Wildman–Crippen MR) is 51.3 cm³/mol. The van der Waals surface area contributed by atoms with Crippen LogP contribution in [0.2, 0.25) is 0 Å². The Morgan fingerprint density at radius 3 is 2.85 bits per heavy atom. The van der Waals surface area contributed by atoms with Crippen LogP contribution in [0.5, 0.6) is 0 Å². The summed E-state index contributed by atoms with van der Waals surface area (Å²) in [5, 5.41) is 1.07. The molecule has 0 spiro atoms. The fourth-order valence-corrected chi connectivity index (χ4v) is 1.41. The number of pyridine rings is 1. The van der Waals surface area contributed by atoms with Crippen LogP contribution in [-0.4, -0.2) is 4.98 Å². The molecule has 0 aliphatic carbocycles. The number of alkyl halides is 1. The first-order valence-corrected chi connectivity index (χ1v) is 4.22. The van der Waals surface area contributed by atoms with E-state index in [0.29, 0.717) is 5.69 Å². The second-order valence-corrected chi connectivity index (χ2v) is 3.08. The highest BCUT2D eigenvalue weighted by molar-refractivity contribution is 5.81. The third-order valence-electron chi connectivity index (χ3n) is 2.12. The van der Waals surface area contributed by atoms with Crippen molar-refractivity contribution in [3.8, 4) is 0 Å². The average molecular weight is 175 g/mol. The van der Waals surface area contributed by atoms with Crippen LogP contribution in [0.3, 0.4) is 0 Å². The molecule has 0 aliphatic heterocycles. The molecule has 2 aromatic rings. The topological polar surface area (TPSA) is 12.9 Å². The summed E-state index contributed by atoms with van der Waals surface area (Å²) in [6.45, 7) is 1.49. The van der Waals surface area contributed by atoms with Crippen LogP contribution in [0.25, 0.3) is 10.9 Å². The van der Waals surface area contributed by atoms with Gasteiger partial charge in [0, 0.05) is 5.39 Å². The summed E-state index contributed by atoms with van der Waals surface area (Å²) in [6.07, 6.45) is 0. The van der Waals surface area contributed by atoms with E-state index in [1.54, 1.807) is 6.07 Å². The SMILES string of the molecule is Cc1cccc2ccc(CF)nc12. The minimum absolute atomic E-state index is 0.496. The number of hydrogen-bond donors (Lipinski definition) is 0. The zero-order valence-corrected chi connectivity index (χ0v) is 7.42. The van der Waals surface area contributed by atoms with Gasteiger partial charge in [-0.05, 0) is 18.6 Å². The number of hydrogen-bond acceptors (Lipinski definition) is 1. The minimum Gasteiger partial charge on any atom is -0.250 e. The van der Waals surface area contributed by atoms with Crippen LogP contribution < -0.4 is 0 Å². The molecule has 1 heterocycles. The molecule has 0 atom stereocenters. The van der Waals surface area contributed by atoms with Gasteiger partial charge in [-0.3, -0.25) is 0 Å². The number of aryl methyl sites for hydroxylation is 1. The molecule has 1 aromatic heterocycles. The molecule has 2 rings (SSSR count). The molecular formula is C11H10FN. The summed E-state index contributed by atoms with van der Waals surface area (Å²) in [5.41, 5.74) is 2.49. The van der Waals surface area contributed by atoms with Crippen LogP contribution in [0.4, 0.5) is 4.39 Å². The van der Waals surface area contributed by atoms with Crippen LogP contribution >= 0.6 is 0 Å². The summed E-state index contributed by atoms with van der Waals surface area (Å²) in [5.74, 6) is 0. The van der Waals surface area contributed by atoms with Gasteiger partial charge in [0.05, 0.1) is 11.2 Å². The van der Waals surface area contributed by atoms with Crippen molar-refractivity contribution >= 4 is 10.9 Å². The Kier molecular flexibility index (Phi) is 1.97. The highest BCUT2D eigenvalue weighted by Crippen LogP contribution is 2.16. The van der Waals surface area contributed by atoms with Gasteiger partial charge in [-0.2, -0.15) is 0 Å². The van der Waals surface area contributed by atoms with E-state index in [9.17, 15) is 4.39 Å². The quantitative estimate of drug-likeness (QED) is 0.649. The Morgan fingerprint density at radius 2 is 2.08 bits per heavy atom. The lowest BCUT2D eigenvalue weighted by Gasteiger charge is -2.01. The average Bonchev–Trinajstić information content (AvgIpc) is 2.18. The molecule has 0 N–H and O–H groups in total. The molecule has 1 aromatic carbocycles. The van der Waals surface area contributed by atoms with Gasteiger partial charge in [-0.15, -0.1) is 0 Å². The number of halogens is 1. The number of rotatable bonds is 1. The fourth-order valence-electron chi connectivity index (χ4n) is 1.41. The molecule has 2 heteroatoms. The molecule has 0 saturated carbocycles. The van der Waals surface area contributed by atoms with Crippen molar-refractivity contribution in [1.82, 2.24) is 4.98 Å². The third-order valence-corrected chi connectivity index (χ3v) is 2.12. The van der Waals surface area contributed by atoms with Gasteiger partial charge >= 0.3 is 0 Å². The van der Waals surface area contributed by atoms with Gasteiger partial charge in [0.25, 0.3) is 0 Å². The second kappa shape index (κ2) is 3.13. The van der Waals surface area contributed by atoms with Crippen LogP contribution in [0, 0.1) is 6.92 Å². The minimum atomic E-state index is -0.496. The van der Waals surface area contributed by atoms with Crippen molar-refractivity contribution in [1.29, 1.82) is 0 Å². The van der Waals surface area contributed by atoms with E-state index in [1.807, 2.05) is 31.2 Å². The first-order chi connectivity index (χ1) is 6.31. The molecule has 0 saturated heterocycles. The summed E-state index contributed by atoms with van der Waals surface area (Å²) >= 11 is 0. The van der Waals surface area contributed by atoms with Crippen molar-refractivity contribution in [2.75, 3.05) is 0 Å². The monoisotopic (exact) mass is 175 g/mol. The lowest BCUT2D eigenvalue weighted by molar-refractivity contribution is 0.477. The predicted octanol–water partition coefficient (Wildman–Crippen LogP) is 3.01. The Hall–Kier alpha value is -1.44. The van der Waals surface area contributed by atoms with E-state index in [2.05, 4.69) is 4.98 Å². The van der Waals surface area contributed by atoms with Gasteiger partial charge in [-0.25, -0.2) is 9.37 Å². The summed E-state index contributed by atoms with van der Waals surface area (Å²) in [7, 11) is 0. The molecule has 1 nitrogen and oxygen atoms in total. The van der Waals surface area contributed by atoms with Gasteiger partial charge in [0.1, 0.15) is 6.67 Å². The van der Waals surface area contributed by atoms with E-state index in [0.717, 1.165) is 16.5 Å². The summed E-state index contributed by atoms with van der Waals surface area (Å²) in [4.78, 5) is 4.22. The van der Waals surface area contributed by atoms with Crippen molar-refractivity contribution in [3.05, 3.63) is 41.6 Å². The van der Waals surface area contributed by atoms with Gasteiger partial charge in [0.2, 0.25) is 0 Å². The molecule has 0 bridgehead atoms. The van der Waals surface area contributed by atoms with Gasteiger partial charge in [-0.1, -0.05) is 24.3 Å². The van der Waals surface area contributed by atoms with E-state index < -0.39 is 6.67 Å². The third kappa shape index (κ3) is 1.39. The van der Waals surface area contributed by atoms with E-state index >= 15 is 0 Å². The maximum atomic E-state index is 12.3. The number of fused-ring (bicyclic) bond motifs is 1. The largest absolute Gasteiger partial charge is 0.250 e. The summed E-state index contributed by atoms with van der Waals surface area (Å²) < 4.78 is 12.3. The van der Waals surface area contributed by atoms with E-state index in [4.69, 9.17) is 0 Å². The summed E-state index contributed by atoms with van der Waals surface area (Å²) in [6, 6.07) is 9.58. The van der Waals surface area contributed by atoms with E-state index in [1.165, 1.54) is 0 Å². The number of para-hydroxylation sites is 1. The maximum absolute atomic E-state index is 12.3. The van der Waals surface area contributed by atoms with Crippen LogP contribution in [0.15, 0.2) is 30.3 Å². The number of benzene rings is 1. The Labute approximate surface area is 76.2 Å².